The van der Waals surface area contributed by atoms with E-state index < -0.39 is 0 Å². The normalized spacial score (nSPS) is 15.6. The van der Waals surface area contributed by atoms with Crippen molar-refractivity contribution in [3.8, 4) is 5.75 Å². The van der Waals surface area contributed by atoms with E-state index in [1.54, 1.807) is 49.6 Å². The number of methoxy groups -OCH3 is 1. The highest BCUT2D eigenvalue weighted by atomic mass is 35.5. The van der Waals surface area contributed by atoms with E-state index in [1.807, 2.05) is 35.2 Å². The van der Waals surface area contributed by atoms with Crippen molar-refractivity contribution in [2.45, 2.75) is 18.8 Å². The Bertz CT molecular complexity index is 1130. The van der Waals surface area contributed by atoms with Crippen molar-refractivity contribution in [1.29, 1.82) is 0 Å². The highest BCUT2D eigenvalue weighted by molar-refractivity contribution is 6.30. The zero-order chi connectivity index (χ0) is 23.2. The van der Waals surface area contributed by atoms with E-state index in [-0.39, 0.29) is 17.9 Å². The van der Waals surface area contributed by atoms with E-state index in [0.717, 1.165) is 18.4 Å². The van der Waals surface area contributed by atoms with Crippen molar-refractivity contribution in [1.82, 2.24) is 4.90 Å². The SMILES string of the molecule is COc1ccccc1NC(=O)c1cccc([C@H]2CCCN(C(=O)Nc3ccc(Cl)cc3)C2)c1. The van der Waals surface area contributed by atoms with Crippen LogP contribution in [0.25, 0.3) is 0 Å². The number of carbonyl (C=O) groups excluding carboxylic acids is 2. The zero-order valence-corrected chi connectivity index (χ0v) is 19.1. The van der Waals surface area contributed by atoms with Gasteiger partial charge in [-0.15, -0.1) is 0 Å². The molecule has 0 unspecified atom stereocenters. The molecule has 1 saturated heterocycles. The molecule has 1 heterocycles. The van der Waals surface area contributed by atoms with Gasteiger partial charge in [-0.1, -0.05) is 35.9 Å². The first kappa shape index (κ1) is 22.7. The molecular weight excluding hydrogens is 438 g/mol. The Balaban J connectivity index is 1.43. The summed E-state index contributed by atoms with van der Waals surface area (Å²) in [4.78, 5) is 27.5. The summed E-state index contributed by atoms with van der Waals surface area (Å²) in [5.74, 6) is 0.569. The van der Waals surface area contributed by atoms with Gasteiger partial charge in [0, 0.05) is 35.3 Å². The number of nitrogens with zero attached hydrogens (tertiary/aromatic N) is 1. The second kappa shape index (κ2) is 10.4. The summed E-state index contributed by atoms with van der Waals surface area (Å²) in [7, 11) is 1.57. The molecule has 0 aliphatic carbocycles. The van der Waals surface area contributed by atoms with Crippen molar-refractivity contribution in [3.05, 3.63) is 88.9 Å². The second-order valence-corrected chi connectivity index (χ2v) is 8.44. The third-order valence-electron chi connectivity index (χ3n) is 5.78. The fraction of sp³-hybridized carbons (Fsp3) is 0.231. The molecule has 6 nitrogen and oxygen atoms in total. The van der Waals surface area contributed by atoms with Crippen LogP contribution < -0.4 is 15.4 Å². The third kappa shape index (κ3) is 5.65. The molecule has 0 aromatic heterocycles. The molecule has 0 saturated carbocycles. The number of likely N-dealkylation sites (tertiary alicyclic amines) is 1. The van der Waals surface area contributed by atoms with Crippen molar-refractivity contribution < 1.29 is 14.3 Å². The molecule has 1 aliphatic heterocycles. The molecule has 2 N–H and O–H groups in total. The average molecular weight is 464 g/mol. The molecule has 1 aliphatic rings. The van der Waals surface area contributed by atoms with Crippen LogP contribution >= 0.6 is 11.6 Å². The van der Waals surface area contributed by atoms with Crippen LogP contribution in [0.2, 0.25) is 5.02 Å². The summed E-state index contributed by atoms with van der Waals surface area (Å²) in [5.41, 5.74) is 2.95. The highest BCUT2D eigenvalue weighted by Gasteiger charge is 2.25. The number of hydrogen-bond acceptors (Lipinski definition) is 3. The largest absolute Gasteiger partial charge is 0.495 e. The molecule has 0 spiro atoms. The summed E-state index contributed by atoms with van der Waals surface area (Å²) in [6.45, 7) is 1.29. The number of urea groups is 1. The van der Waals surface area contributed by atoms with Crippen LogP contribution in [-0.4, -0.2) is 37.0 Å². The first-order valence-electron chi connectivity index (χ1n) is 10.9. The van der Waals surface area contributed by atoms with E-state index in [1.165, 1.54) is 0 Å². The van der Waals surface area contributed by atoms with Gasteiger partial charge in [-0.05, 0) is 66.9 Å². The molecule has 7 heteroatoms. The van der Waals surface area contributed by atoms with Crippen LogP contribution in [0.5, 0.6) is 5.75 Å². The van der Waals surface area contributed by atoms with Crippen molar-refractivity contribution in [3.63, 3.8) is 0 Å². The number of benzene rings is 3. The molecule has 1 atom stereocenters. The van der Waals surface area contributed by atoms with Gasteiger partial charge in [-0.25, -0.2) is 4.79 Å². The molecule has 1 fully saturated rings. The van der Waals surface area contributed by atoms with Gasteiger partial charge in [0.1, 0.15) is 5.75 Å². The van der Waals surface area contributed by atoms with Gasteiger partial charge >= 0.3 is 6.03 Å². The van der Waals surface area contributed by atoms with E-state index in [9.17, 15) is 9.59 Å². The van der Waals surface area contributed by atoms with E-state index >= 15 is 0 Å². The summed E-state index contributed by atoms with van der Waals surface area (Å²) < 4.78 is 5.32. The number of carbonyl (C=O) groups is 2. The molecule has 33 heavy (non-hydrogen) atoms. The van der Waals surface area contributed by atoms with Gasteiger partial charge in [0.25, 0.3) is 5.91 Å². The van der Waals surface area contributed by atoms with E-state index in [4.69, 9.17) is 16.3 Å². The van der Waals surface area contributed by atoms with Gasteiger partial charge in [0.2, 0.25) is 0 Å². The smallest absolute Gasteiger partial charge is 0.321 e. The average Bonchev–Trinajstić information content (AvgIpc) is 2.86. The number of ether oxygens (including phenoxy) is 1. The lowest BCUT2D eigenvalue weighted by Gasteiger charge is -2.33. The lowest BCUT2D eigenvalue weighted by Crippen LogP contribution is -2.41. The molecule has 170 valence electrons. The number of piperidine rings is 1. The van der Waals surface area contributed by atoms with Crippen molar-refractivity contribution in [2.75, 3.05) is 30.8 Å². The Morgan fingerprint density at radius 1 is 1.00 bits per heavy atom. The topological polar surface area (TPSA) is 70.7 Å². The minimum absolute atomic E-state index is 0.132. The lowest BCUT2D eigenvalue weighted by atomic mass is 9.89. The first-order valence-corrected chi connectivity index (χ1v) is 11.3. The Labute approximate surface area is 198 Å². The van der Waals surface area contributed by atoms with Crippen LogP contribution in [0.1, 0.15) is 34.7 Å². The molecule has 3 amide bonds. The third-order valence-corrected chi connectivity index (χ3v) is 6.03. The minimum Gasteiger partial charge on any atom is -0.495 e. The van der Waals surface area contributed by atoms with Crippen LogP contribution in [0.15, 0.2) is 72.8 Å². The predicted octanol–water partition coefficient (Wildman–Crippen LogP) is 6.01. The second-order valence-electron chi connectivity index (χ2n) is 8.00. The quantitative estimate of drug-likeness (QED) is 0.486. The van der Waals surface area contributed by atoms with Crippen molar-refractivity contribution >= 4 is 34.9 Å². The maximum absolute atomic E-state index is 12.9. The van der Waals surface area contributed by atoms with Gasteiger partial charge in [-0.3, -0.25) is 4.79 Å². The highest BCUT2D eigenvalue weighted by Crippen LogP contribution is 2.29. The number of rotatable bonds is 5. The monoisotopic (exact) mass is 463 g/mol. The summed E-state index contributed by atoms with van der Waals surface area (Å²) in [5, 5.41) is 6.47. The number of hydrogen-bond donors (Lipinski definition) is 2. The number of nitrogens with one attached hydrogen (secondary N) is 2. The standard InChI is InChI=1S/C26H26ClN3O3/c1-33-24-10-3-2-9-23(24)29-25(31)19-7-4-6-18(16-19)20-8-5-15-30(17-20)26(32)28-22-13-11-21(27)12-14-22/h2-4,6-7,9-14,16,20H,5,8,15,17H2,1H3,(H,28,32)(H,29,31)/t20-/m0/s1. The van der Waals surface area contributed by atoms with E-state index in [2.05, 4.69) is 10.6 Å². The maximum atomic E-state index is 12.9. The zero-order valence-electron chi connectivity index (χ0n) is 18.4. The van der Waals surface area contributed by atoms with Gasteiger partial charge < -0.3 is 20.3 Å². The van der Waals surface area contributed by atoms with Gasteiger partial charge in [0.05, 0.1) is 12.8 Å². The fourth-order valence-corrected chi connectivity index (χ4v) is 4.17. The number of anilines is 2. The Hall–Kier alpha value is -3.51. The molecule has 0 bridgehead atoms. The molecule has 3 aromatic carbocycles. The number of halogens is 1. The fourth-order valence-electron chi connectivity index (χ4n) is 4.05. The predicted molar refractivity (Wildman–Crippen MR) is 131 cm³/mol. The van der Waals surface area contributed by atoms with Gasteiger partial charge in [0.15, 0.2) is 0 Å². The Kier molecular flexibility index (Phi) is 7.15. The van der Waals surface area contributed by atoms with E-state index in [0.29, 0.717) is 40.8 Å². The number of amides is 3. The Morgan fingerprint density at radius 2 is 1.79 bits per heavy atom. The maximum Gasteiger partial charge on any atom is 0.321 e. The van der Waals surface area contributed by atoms with Crippen molar-refractivity contribution in [2.24, 2.45) is 0 Å². The lowest BCUT2D eigenvalue weighted by molar-refractivity contribution is 0.102. The molecule has 3 aromatic rings. The molecule has 0 radical (unpaired) electrons. The summed E-state index contributed by atoms with van der Waals surface area (Å²) >= 11 is 5.92. The minimum atomic E-state index is -0.200. The number of para-hydroxylation sites is 2. The van der Waals surface area contributed by atoms with Gasteiger partial charge in [-0.2, -0.15) is 0 Å². The molecule has 4 rings (SSSR count). The summed E-state index contributed by atoms with van der Waals surface area (Å²) in [6.07, 6.45) is 1.86. The van der Waals surface area contributed by atoms with Crippen LogP contribution in [0.3, 0.4) is 0 Å². The Morgan fingerprint density at radius 3 is 2.58 bits per heavy atom. The van der Waals surface area contributed by atoms with Crippen LogP contribution in [-0.2, 0) is 0 Å². The summed E-state index contributed by atoms with van der Waals surface area (Å²) in [6, 6.07) is 21.9. The van der Waals surface area contributed by atoms with Crippen LogP contribution in [0, 0.1) is 0 Å². The first-order chi connectivity index (χ1) is 16.0. The van der Waals surface area contributed by atoms with Crippen LogP contribution in [0.4, 0.5) is 16.2 Å². The molecular formula is C26H26ClN3O3.